The van der Waals surface area contributed by atoms with Crippen LogP contribution in [0.1, 0.15) is 19.3 Å². The number of rotatable bonds is 6. The van der Waals surface area contributed by atoms with Gasteiger partial charge < -0.3 is 15.0 Å². The molecule has 0 amide bonds. The van der Waals surface area contributed by atoms with E-state index in [1.807, 2.05) is 0 Å². The minimum absolute atomic E-state index is 0. The van der Waals surface area contributed by atoms with Crippen LogP contribution >= 0.6 is 24.8 Å². The molecule has 0 aromatic carbocycles. The molecular formula is C14H31Cl2N3O. The third kappa shape index (κ3) is 8.01. The molecule has 0 atom stereocenters. The van der Waals surface area contributed by atoms with E-state index in [2.05, 4.69) is 22.2 Å². The van der Waals surface area contributed by atoms with Crippen molar-refractivity contribution in [1.82, 2.24) is 15.1 Å². The van der Waals surface area contributed by atoms with E-state index in [-0.39, 0.29) is 24.8 Å². The standard InChI is InChI=1S/C14H29N3O.2ClH/c1-16(7-2-14-3-12-18-13-4-14)10-11-17-8-5-15-6-9-17;;/h14-15H,2-13H2,1H3;2*1H. The Labute approximate surface area is 136 Å². The summed E-state index contributed by atoms with van der Waals surface area (Å²) in [6.45, 7) is 10.4. The van der Waals surface area contributed by atoms with Crippen LogP contribution in [0.3, 0.4) is 0 Å². The van der Waals surface area contributed by atoms with Crippen molar-refractivity contribution in [3.8, 4) is 0 Å². The van der Waals surface area contributed by atoms with E-state index in [0.717, 1.165) is 32.2 Å². The summed E-state index contributed by atoms with van der Waals surface area (Å²) in [7, 11) is 2.27. The highest BCUT2D eigenvalue weighted by molar-refractivity contribution is 5.85. The van der Waals surface area contributed by atoms with Crippen molar-refractivity contribution in [2.75, 3.05) is 66.1 Å². The first kappa shape index (κ1) is 20.4. The molecule has 0 spiro atoms. The Morgan fingerprint density at radius 3 is 2.40 bits per heavy atom. The van der Waals surface area contributed by atoms with Gasteiger partial charge in [0, 0.05) is 52.5 Å². The van der Waals surface area contributed by atoms with Gasteiger partial charge in [-0.15, -0.1) is 24.8 Å². The lowest BCUT2D eigenvalue weighted by Crippen LogP contribution is -2.46. The Morgan fingerprint density at radius 2 is 1.75 bits per heavy atom. The zero-order valence-corrected chi connectivity index (χ0v) is 14.3. The normalized spacial score (nSPS) is 21.3. The van der Waals surface area contributed by atoms with Crippen LogP contribution in [0, 0.1) is 5.92 Å². The number of hydrogen-bond acceptors (Lipinski definition) is 4. The summed E-state index contributed by atoms with van der Waals surface area (Å²) < 4.78 is 5.41. The Bertz CT molecular complexity index is 200. The van der Waals surface area contributed by atoms with Crippen LogP contribution in [0.4, 0.5) is 0 Å². The van der Waals surface area contributed by atoms with Crippen molar-refractivity contribution in [1.29, 1.82) is 0 Å². The van der Waals surface area contributed by atoms with Crippen LogP contribution in [0.5, 0.6) is 0 Å². The summed E-state index contributed by atoms with van der Waals surface area (Å²) in [5, 5.41) is 3.40. The molecule has 2 fully saturated rings. The maximum Gasteiger partial charge on any atom is 0.0468 e. The highest BCUT2D eigenvalue weighted by Crippen LogP contribution is 2.18. The third-order valence-electron chi connectivity index (χ3n) is 4.27. The summed E-state index contributed by atoms with van der Waals surface area (Å²) >= 11 is 0. The van der Waals surface area contributed by atoms with E-state index < -0.39 is 0 Å². The first-order valence-corrected chi connectivity index (χ1v) is 7.54. The van der Waals surface area contributed by atoms with Crippen molar-refractivity contribution in [3.05, 3.63) is 0 Å². The van der Waals surface area contributed by atoms with Gasteiger partial charge in [-0.05, 0) is 38.8 Å². The largest absolute Gasteiger partial charge is 0.381 e. The molecule has 122 valence electrons. The smallest absolute Gasteiger partial charge is 0.0468 e. The number of nitrogens with zero attached hydrogens (tertiary/aromatic N) is 2. The predicted octanol–water partition coefficient (Wildman–Crippen LogP) is 1.48. The number of nitrogens with one attached hydrogen (secondary N) is 1. The molecule has 2 aliphatic heterocycles. The second-order valence-corrected chi connectivity index (χ2v) is 5.74. The Kier molecular flexibility index (Phi) is 12.3. The van der Waals surface area contributed by atoms with Gasteiger partial charge in [-0.2, -0.15) is 0 Å². The lowest BCUT2D eigenvalue weighted by Gasteiger charge is -2.30. The molecule has 0 aliphatic carbocycles. The van der Waals surface area contributed by atoms with Gasteiger partial charge >= 0.3 is 0 Å². The van der Waals surface area contributed by atoms with Crippen LogP contribution in [-0.4, -0.2) is 75.9 Å². The number of hydrogen-bond donors (Lipinski definition) is 1. The van der Waals surface area contributed by atoms with Crippen molar-refractivity contribution < 1.29 is 4.74 Å². The van der Waals surface area contributed by atoms with E-state index in [1.54, 1.807) is 0 Å². The molecule has 2 heterocycles. The Morgan fingerprint density at radius 1 is 1.10 bits per heavy atom. The first-order chi connectivity index (χ1) is 8.84. The molecule has 20 heavy (non-hydrogen) atoms. The van der Waals surface area contributed by atoms with E-state index in [0.29, 0.717) is 0 Å². The SMILES string of the molecule is CN(CCC1CCOCC1)CCN1CCNCC1.Cl.Cl. The number of ether oxygens (including phenoxy) is 1. The molecule has 0 radical (unpaired) electrons. The van der Waals surface area contributed by atoms with Crippen LogP contribution in [0.25, 0.3) is 0 Å². The molecule has 0 bridgehead atoms. The molecule has 2 rings (SSSR count). The molecule has 6 heteroatoms. The average Bonchev–Trinajstić information content (AvgIpc) is 2.45. The second-order valence-electron chi connectivity index (χ2n) is 5.74. The molecular weight excluding hydrogens is 297 g/mol. The van der Waals surface area contributed by atoms with Gasteiger partial charge in [0.15, 0.2) is 0 Å². The van der Waals surface area contributed by atoms with Gasteiger partial charge in [0.1, 0.15) is 0 Å². The fraction of sp³-hybridized carbons (Fsp3) is 1.00. The van der Waals surface area contributed by atoms with E-state index in [9.17, 15) is 0 Å². The second kappa shape index (κ2) is 12.0. The third-order valence-corrected chi connectivity index (χ3v) is 4.27. The molecule has 0 aromatic heterocycles. The van der Waals surface area contributed by atoms with Crippen LogP contribution in [0.2, 0.25) is 0 Å². The van der Waals surface area contributed by atoms with E-state index >= 15 is 0 Å². The van der Waals surface area contributed by atoms with Gasteiger partial charge in [0.05, 0.1) is 0 Å². The van der Waals surface area contributed by atoms with Gasteiger partial charge in [-0.3, -0.25) is 4.90 Å². The topological polar surface area (TPSA) is 27.7 Å². The molecule has 1 N–H and O–H groups in total. The quantitative estimate of drug-likeness (QED) is 0.799. The summed E-state index contributed by atoms with van der Waals surface area (Å²) in [5.41, 5.74) is 0. The number of halogens is 2. The fourth-order valence-electron chi connectivity index (χ4n) is 2.80. The lowest BCUT2D eigenvalue weighted by atomic mass is 9.96. The summed E-state index contributed by atoms with van der Waals surface area (Å²) in [4.78, 5) is 5.07. The predicted molar refractivity (Wildman–Crippen MR) is 89.5 cm³/mol. The maximum atomic E-state index is 5.41. The lowest BCUT2D eigenvalue weighted by molar-refractivity contribution is 0.0606. The highest BCUT2D eigenvalue weighted by atomic mass is 35.5. The zero-order chi connectivity index (χ0) is 12.6. The van der Waals surface area contributed by atoms with Crippen molar-refractivity contribution in [2.24, 2.45) is 5.92 Å². The molecule has 0 unspecified atom stereocenters. The van der Waals surface area contributed by atoms with Crippen LogP contribution in [-0.2, 0) is 4.74 Å². The minimum Gasteiger partial charge on any atom is -0.381 e. The van der Waals surface area contributed by atoms with Gasteiger partial charge in [-0.25, -0.2) is 0 Å². The van der Waals surface area contributed by atoms with E-state index in [4.69, 9.17) is 4.74 Å². The molecule has 2 saturated heterocycles. The molecule has 4 nitrogen and oxygen atoms in total. The fourth-order valence-corrected chi connectivity index (χ4v) is 2.80. The number of piperazine rings is 1. The Hall–Kier alpha value is 0.420. The van der Waals surface area contributed by atoms with Crippen molar-refractivity contribution in [3.63, 3.8) is 0 Å². The minimum atomic E-state index is 0. The first-order valence-electron chi connectivity index (χ1n) is 7.54. The Balaban J connectivity index is 0.00000180. The molecule has 0 aromatic rings. The monoisotopic (exact) mass is 327 g/mol. The zero-order valence-electron chi connectivity index (χ0n) is 12.7. The summed E-state index contributed by atoms with van der Waals surface area (Å²) in [5.74, 6) is 0.903. The highest BCUT2D eigenvalue weighted by Gasteiger charge is 2.15. The molecule has 0 saturated carbocycles. The van der Waals surface area contributed by atoms with E-state index in [1.165, 1.54) is 52.0 Å². The van der Waals surface area contributed by atoms with Gasteiger partial charge in [-0.1, -0.05) is 0 Å². The van der Waals surface area contributed by atoms with Crippen molar-refractivity contribution in [2.45, 2.75) is 19.3 Å². The van der Waals surface area contributed by atoms with Crippen LogP contribution in [0.15, 0.2) is 0 Å². The number of likely N-dealkylation sites (N-methyl/N-ethyl adjacent to an activating group) is 1. The van der Waals surface area contributed by atoms with Gasteiger partial charge in [0.25, 0.3) is 0 Å². The summed E-state index contributed by atoms with van der Waals surface area (Å²) in [6, 6.07) is 0. The van der Waals surface area contributed by atoms with Crippen LogP contribution < -0.4 is 5.32 Å². The summed E-state index contributed by atoms with van der Waals surface area (Å²) in [6.07, 6.45) is 3.89. The average molecular weight is 328 g/mol. The molecule has 2 aliphatic rings. The van der Waals surface area contributed by atoms with Crippen molar-refractivity contribution >= 4 is 24.8 Å². The van der Waals surface area contributed by atoms with Gasteiger partial charge in [0.2, 0.25) is 0 Å². The maximum absolute atomic E-state index is 5.41.